The van der Waals surface area contributed by atoms with E-state index in [9.17, 15) is 5.11 Å². The van der Waals surface area contributed by atoms with E-state index in [-0.39, 0.29) is 5.41 Å². The molecule has 0 spiro atoms. The molecule has 0 aliphatic carbocycles. The number of ether oxygens (including phenoxy) is 1. The molecule has 1 aliphatic rings. The minimum Gasteiger partial charge on any atom is -0.468 e. The fraction of sp³-hybridized carbons (Fsp3) is 0.600. The third kappa shape index (κ3) is 1.11. The SMILES string of the molecule is CC(C)(O)C1(c2ccco2)COC1. The topological polar surface area (TPSA) is 42.6 Å². The highest BCUT2D eigenvalue weighted by Crippen LogP contribution is 2.41. The van der Waals surface area contributed by atoms with Gasteiger partial charge >= 0.3 is 0 Å². The van der Waals surface area contributed by atoms with Crippen molar-refractivity contribution in [2.75, 3.05) is 13.2 Å². The van der Waals surface area contributed by atoms with Crippen LogP contribution in [0, 0.1) is 0 Å². The first-order valence-electron chi connectivity index (χ1n) is 4.40. The van der Waals surface area contributed by atoms with E-state index in [4.69, 9.17) is 9.15 Å². The highest BCUT2D eigenvalue weighted by atomic mass is 16.5. The molecule has 1 aromatic rings. The van der Waals surface area contributed by atoms with Crippen LogP contribution in [0.4, 0.5) is 0 Å². The van der Waals surface area contributed by atoms with E-state index in [0.29, 0.717) is 13.2 Å². The van der Waals surface area contributed by atoms with Crippen LogP contribution in [0.1, 0.15) is 19.6 Å². The first-order chi connectivity index (χ1) is 6.06. The average Bonchev–Trinajstić information content (AvgIpc) is 2.32. The molecule has 0 amide bonds. The molecule has 0 atom stereocenters. The summed E-state index contributed by atoms with van der Waals surface area (Å²) in [5, 5.41) is 10.0. The number of hydrogen-bond donors (Lipinski definition) is 1. The van der Waals surface area contributed by atoms with Crippen molar-refractivity contribution in [1.82, 2.24) is 0 Å². The van der Waals surface area contributed by atoms with Gasteiger partial charge in [-0.1, -0.05) is 0 Å². The molecule has 13 heavy (non-hydrogen) atoms. The zero-order valence-corrected chi connectivity index (χ0v) is 7.91. The van der Waals surface area contributed by atoms with E-state index >= 15 is 0 Å². The van der Waals surface area contributed by atoms with Crippen molar-refractivity contribution in [2.45, 2.75) is 24.9 Å². The second-order valence-electron chi connectivity index (χ2n) is 4.11. The predicted molar refractivity (Wildman–Crippen MR) is 47.5 cm³/mol. The molecule has 0 saturated carbocycles. The van der Waals surface area contributed by atoms with E-state index in [1.54, 1.807) is 20.1 Å². The fourth-order valence-electron chi connectivity index (χ4n) is 1.65. The van der Waals surface area contributed by atoms with E-state index < -0.39 is 5.60 Å². The van der Waals surface area contributed by atoms with Crippen LogP contribution in [-0.4, -0.2) is 23.9 Å². The van der Waals surface area contributed by atoms with Crippen LogP contribution in [0.2, 0.25) is 0 Å². The van der Waals surface area contributed by atoms with Gasteiger partial charge in [0.25, 0.3) is 0 Å². The van der Waals surface area contributed by atoms with Gasteiger partial charge in [-0.3, -0.25) is 0 Å². The standard InChI is InChI=1S/C10H14O3/c1-9(2,11)10(6-12-7-10)8-4-3-5-13-8/h3-5,11H,6-7H2,1-2H3. The van der Waals surface area contributed by atoms with Crippen molar-refractivity contribution in [3.63, 3.8) is 0 Å². The summed E-state index contributed by atoms with van der Waals surface area (Å²) in [6.45, 7) is 4.64. The average molecular weight is 182 g/mol. The van der Waals surface area contributed by atoms with Crippen molar-refractivity contribution in [3.05, 3.63) is 24.2 Å². The Bertz CT molecular complexity index is 278. The Morgan fingerprint density at radius 3 is 2.46 bits per heavy atom. The van der Waals surface area contributed by atoms with Gasteiger partial charge in [0.2, 0.25) is 0 Å². The van der Waals surface area contributed by atoms with Crippen molar-refractivity contribution in [3.8, 4) is 0 Å². The molecule has 3 nitrogen and oxygen atoms in total. The number of furan rings is 1. The van der Waals surface area contributed by atoms with E-state index in [2.05, 4.69) is 0 Å². The summed E-state index contributed by atoms with van der Waals surface area (Å²) in [5.41, 5.74) is -1.15. The van der Waals surface area contributed by atoms with Crippen LogP contribution in [-0.2, 0) is 10.2 Å². The van der Waals surface area contributed by atoms with Gasteiger partial charge in [0.1, 0.15) is 11.2 Å². The quantitative estimate of drug-likeness (QED) is 0.750. The van der Waals surface area contributed by atoms with Crippen LogP contribution >= 0.6 is 0 Å². The second-order valence-corrected chi connectivity index (χ2v) is 4.11. The lowest BCUT2D eigenvalue weighted by atomic mass is 9.70. The van der Waals surface area contributed by atoms with Crippen LogP contribution in [0.3, 0.4) is 0 Å². The van der Waals surface area contributed by atoms with E-state index in [1.807, 2.05) is 12.1 Å². The molecule has 0 unspecified atom stereocenters. The summed E-state index contributed by atoms with van der Waals surface area (Å²) in [4.78, 5) is 0. The molecule has 1 saturated heterocycles. The molecule has 72 valence electrons. The number of rotatable bonds is 2. The van der Waals surface area contributed by atoms with E-state index in [0.717, 1.165) is 5.76 Å². The highest BCUT2D eigenvalue weighted by Gasteiger charge is 2.53. The van der Waals surface area contributed by atoms with Gasteiger partial charge in [-0.2, -0.15) is 0 Å². The Kier molecular flexibility index (Phi) is 1.75. The van der Waals surface area contributed by atoms with Gasteiger partial charge in [0, 0.05) is 0 Å². The predicted octanol–water partition coefficient (Wildman–Crippen LogP) is 1.32. The summed E-state index contributed by atoms with van der Waals surface area (Å²) >= 11 is 0. The maximum Gasteiger partial charge on any atom is 0.117 e. The largest absolute Gasteiger partial charge is 0.468 e. The van der Waals surface area contributed by atoms with Gasteiger partial charge in [-0.15, -0.1) is 0 Å². The Hall–Kier alpha value is -0.800. The lowest BCUT2D eigenvalue weighted by molar-refractivity contribution is -0.165. The molecule has 2 rings (SSSR count). The first kappa shape index (κ1) is 8.78. The number of aliphatic hydroxyl groups is 1. The molecule has 2 heterocycles. The van der Waals surface area contributed by atoms with Crippen LogP contribution in [0.5, 0.6) is 0 Å². The summed E-state index contributed by atoms with van der Waals surface area (Å²) in [6.07, 6.45) is 1.63. The molecule has 1 aliphatic heterocycles. The van der Waals surface area contributed by atoms with Crippen LogP contribution in [0.15, 0.2) is 22.8 Å². The zero-order chi connectivity index (χ0) is 9.53. The molecule has 1 fully saturated rings. The lowest BCUT2D eigenvalue weighted by Gasteiger charge is -2.47. The summed E-state index contributed by atoms with van der Waals surface area (Å²) in [6, 6.07) is 3.72. The Morgan fingerprint density at radius 1 is 1.46 bits per heavy atom. The molecule has 0 bridgehead atoms. The normalized spacial score (nSPS) is 21.2. The number of hydrogen-bond acceptors (Lipinski definition) is 3. The molecule has 0 aromatic carbocycles. The van der Waals surface area contributed by atoms with Crippen LogP contribution < -0.4 is 0 Å². The molecule has 3 heteroatoms. The summed E-state index contributed by atoms with van der Waals surface area (Å²) in [5.74, 6) is 0.811. The molecular weight excluding hydrogens is 168 g/mol. The summed E-state index contributed by atoms with van der Waals surface area (Å²) in [7, 11) is 0. The van der Waals surface area contributed by atoms with Gasteiger partial charge < -0.3 is 14.3 Å². The molecule has 1 aromatic heterocycles. The van der Waals surface area contributed by atoms with Crippen molar-refractivity contribution in [2.24, 2.45) is 0 Å². The zero-order valence-electron chi connectivity index (χ0n) is 7.91. The fourth-order valence-corrected chi connectivity index (χ4v) is 1.65. The Balaban J connectivity index is 2.37. The lowest BCUT2D eigenvalue weighted by Crippen LogP contribution is -2.60. The maximum absolute atomic E-state index is 10.0. The van der Waals surface area contributed by atoms with Gasteiger partial charge in [-0.05, 0) is 26.0 Å². The van der Waals surface area contributed by atoms with Crippen molar-refractivity contribution >= 4 is 0 Å². The first-order valence-corrected chi connectivity index (χ1v) is 4.40. The van der Waals surface area contributed by atoms with E-state index in [1.165, 1.54) is 0 Å². The third-order valence-corrected chi connectivity index (χ3v) is 2.86. The molecular formula is C10H14O3. The minimum atomic E-state index is -0.802. The van der Waals surface area contributed by atoms with Gasteiger partial charge in [0.15, 0.2) is 0 Å². The maximum atomic E-state index is 10.0. The van der Waals surface area contributed by atoms with Crippen molar-refractivity contribution in [1.29, 1.82) is 0 Å². The Labute approximate surface area is 77.3 Å². The highest BCUT2D eigenvalue weighted by molar-refractivity contribution is 5.23. The monoisotopic (exact) mass is 182 g/mol. The third-order valence-electron chi connectivity index (χ3n) is 2.86. The molecule has 0 radical (unpaired) electrons. The minimum absolute atomic E-state index is 0.351. The van der Waals surface area contributed by atoms with Gasteiger partial charge in [-0.25, -0.2) is 0 Å². The Morgan fingerprint density at radius 2 is 2.15 bits per heavy atom. The van der Waals surface area contributed by atoms with Gasteiger partial charge in [0.05, 0.1) is 25.1 Å². The smallest absolute Gasteiger partial charge is 0.117 e. The molecule has 1 N–H and O–H groups in total. The van der Waals surface area contributed by atoms with Crippen LogP contribution in [0.25, 0.3) is 0 Å². The van der Waals surface area contributed by atoms with Crippen molar-refractivity contribution < 1.29 is 14.3 Å². The summed E-state index contributed by atoms with van der Waals surface area (Å²) < 4.78 is 10.5. The second kappa shape index (κ2) is 2.59.